The largest absolute Gasteiger partial charge is 0.480 e. The summed E-state index contributed by atoms with van der Waals surface area (Å²) >= 11 is 0. The lowest BCUT2D eigenvalue weighted by Gasteiger charge is -2.37. The third kappa shape index (κ3) is 2.92. The van der Waals surface area contributed by atoms with E-state index in [9.17, 15) is 14.7 Å². The van der Waals surface area contributed by atoms with Crippen LogP contribution in [0.15, 0.2) is 24.3 Å². The van der Waals surface area contributed by atoms with E-state index in [0.717, 1.165) is 12.8 Å². The van der Waals surface area contributed by atoms with E-state index in [1.165, 1.54) is 0 Å². The summed E-state index contributed by atoms with van der Waals surface area (Å²) in [6, 6.07) is 6.55. The number of aliphatic carboxylic acids is 1. The maximum absolute atomic E-state index is 12.3. The molecule has 1 aromatic rings. The molecule has 108 valence electrons. The third-order valence-corrected chi connectivity index (χ3v) is 3.91. The van der Waals surface area contributed by atoms with E-state index in [1.54, 1.807) is 24.3 Å². The smallest absolute Gasteiger partial charge is 0.329 e. The molecule has 1 aromatic carbocycles. The third-order valence-electron chi connectivity index (χ3n) is 3.91. The molecule has 0 saturated heterocycles. The summed E-state index contributed by atoms with van der Waals surface area (Å²) in [5.41, 5.74) is 5.37. The first-order valence-corrected chi connectivity index (χ1v) is 6.84. The molecule has 0 spiro atoms. The first kappa shape index (κ1) is 14.4. The Morgan fingerprint density at radius 3 is 2.80 bits per heavy atom. The number of carbonyl (C=O) groups is 2. The van der Waals surface area contributed by atoms with Crippen LogP contribution in [0.3, 0.4) is 0 Å². The van der Waals surface area contributed by atoms with E-state index in [0.29, 0.717) is 30.0 Å². The summed E-state index contributed by atoms with van der Waals surface area (Å²) in [6.45, 7) is 2.02. The molecule has 0 bridgehead atoms. The lowest BCUT2D eigenvalue weighted by molar-refractivity contribution is -0.146. The molecule has 1 aliphatic rings. The molecule has 0 radical (unpaired) electrons. The standard InChI is InChI=1S/C15H20N2O3/c1-10-4-3-7-15(9-10,14(19)20)17-13(18)11-5-2-6-12(16)8-11/h2,5-6,8,10H,3-4,7,9,16H2,1H3,(H,17,18)(H,19,20). The molecule has 1 aliphatic carbocycles. The summed E-state index contributed by atoms with van der Waals surface area (Å²) in [5.74, 6) is -1.05. The molecule has 1 fully saturated rings. The number of amides is 1. The lowest BCUT2D eigenvalue weighted by atomic mass is 9.76. The molecule has 5 heteroatoms. The van der Waals surface area contributed by atoms with E-state index < -0.39 is 11.5 Å². The van der Waals surface area contributed by atoms with Gasteiger partial charge in [0, 0.05) is 11.3 Å². The highest BCUT2D eigenvalue weighted by Crippen LogP contribution is 2.32. The second kappa shape index (κ2) is 5.53. The number of hydrogen-bond acceptors (Lipinski definition) is 3. The summed E-state index contributed by atoms with van der Waals surface area (Å²) in [5, 5.41) is 12.2. The normalized spacial score (nSPS) is 25.9. The SMILES string of the molecule is CC1CCCC(NC(=O)c2cccc(N)c2)(C(=O)O)C1. The fourth-order valence-electron chi connectivity index (χ4n) is 2.88. The van der Waals surface area contributed by atoms with Crippen molar-refractivity contribution < 1.29 is 14.7 Å². The van der Waals surface area contributed by atoms with E-state index in [-0.39, 0.29) is 5.91 Å². The van der Waals surface area contributed by atoms with Crippen LogP contribution in [-0.2, 0) is 4.79 Å². The molecule has 0 aliphatic heterocycles. The van der Waals surface area contributed by atoms with Gasteiger partial charge in [0.2, 0.25) is 0 Å². The van der Waals surface area contributed by atoms with E-state index in [2.05, 4.69) is 5.32 Å². The number of carboxylic acid groups (broad SMARTS) is 1. The minimum Gasteiger partial charge on any atom is -0.480 e. The van der Waals surface area contributed by atoms with Crippen molar-refractivity contribution in [3.8, 4) is 0 Å². The fraction of sp³-hybridized carbons (Fsp3) is 0.467. The highest BCUT2D eigenvalue weighted by atomic mass is 16.4. The van der Waals surface area contributed by atoms with Gasteiger partial charge in [0.05, 0.1) is 0 Å². The summed E-state index contributed by atoms with van der Waals surface area (Å²) < 4.78 is 0. The zero-order valence-electron chi connectivity index (χ0n) is 11.6. The van der Waals surface area contributed by atoms with Crippen molar-refractivity contribution >= 4 is 17.6 Å². The highest BCUT2D eigenvalue weighted by Gasteiger charge is 2.43. The fourth-order valence-corrected chi connectivity index (χ4v) is 2.88. The second-order valence-electron chi connectivity index (χ2n) is 5.67. The van der Waals surface area contributed by atoms with E-state index in [1.807, 2.05) is 6.92 Å². The van der Waals surface area contributed by atoms with Crippen LogP contribution in [-0.4, -0.2) is 22.5 Å². The first-order chi connectivity index (χ1) is 9.43. The van der Waals surface area contributed by atoms with Crippen molar-refractivity contribution in [1.82, 2.24) is 5.32 Å². The number of hydrogen-bond donors (Lipinski definition) is 3. The summed E-state index contributed by atoms with van der Waals surface area (Å²) in [4.78, 5) is 23.9. The minimum atomic E-state index is -1.15. The Morgan fingerprint density at radius 1 is 1.45 bits per heavy atom. The topological polar surface area (TPSA) is 92.4 Å². The van der Waals surface area contributed by atoms with Crippen molar-refractivity contribution in [2.45, 2.75) is 38.1 Å². The predicted molar refractivity (Wildman–Crippen MR) is 76.3 cm³/mol. The Labute approximate surface area is 118 Å². The lowest BCUT2D eigenvalue weighted by Crippen LogP contribution is -2.56. The number of nitrogens with one attached hydrogen (secondary N) is 1. The molecule has 1 amide bonds. The Morgan fingerprint density at radius 2 is 2.20 bits per heavy atom. The molecule has 5 nitrogen and oxygen atoms in total. The molecule has 2 unspecified atom stereocenters. The van der Waals surface area contributed by atoms with Gasteiger partial charge >= 0.3 is 5.97 Å². The van der Waals surface area contributed by atoms with Crippen LogP contribution in [0, 0.1) is 5.92 Å². The predicted octanol–water partition coefficient (Wildman–Crippen LogP) is 2.03. The van der Waals surface area contributed by atoms with Gasteiger partial charge in [0.15, 0.2) is 0 Å². The molecule has 2 atom stereocenters. The number of anilines is 1. The Balaban J connectivity index is 2.20. The quantitative estimate of drug-likeness (QED) is 0.736. The molecule has 0 aromatic heterocycles. The average Bonchev–Trinajstić information content (AvgIpc) is 2.38. The average molecular weight is 276 g/mol. The van der Waals surface area contributed by atoms with Crippen molar-refractivity contribution in [1.29, 1.82) is 0 Å². The Bertz CT molecular complexity index is 530. The van der Waals surface area contributed by atoms with E-state index >= 15 is 0 Å². The zero-order chi connectivity index (χ0) is 14.8. The highest BCUT2D eigenvalue weighted by molar-refractivity contribution is 5.98. The van der Waals surface area contributed by atoms with Gasteiger partial charge in [-0.25, -0.2) is 4.79 Å². The number of nitrogen functional groups attached to an aromatic ring is 1. The number of carboxylic acids is 1. The minimum absolute atomic E-state index is 0.293. The van der Waals surface area contributed by atoms with Crippen LogP contribution >= 0.6 is 0 Å². The maximum Gasteiger partial charge on any atom is 0.329 e. The monoisotopic (exact) mass is 276 g/mol. The molecular weight excluding hydrogens is 256 g/mol. The maximum atomic E-state index is 12.3. The number of rotatable bonds is 3. The molecule has 1 saturated carbocycles. The Kier molecular flexibility index (Phi) is 3.97. The second-order valence-corrected chi connectivity index (χ2v) is 5.67. The van der Waals surface area contributed by atoms with Gasteiger partial charge in [-0.15, -0.1) is 0 Å². The van der Waals surface area contributed by atoms with Gasteiger partial charge in [0.1, 0.15) is 5.54 Å². The molecular formula is C15H20N2O3. The Hall–Kier alpha value is -2.04. The first-order valence-electron chi connectivity index (χ1n) is 6.84. The van der Waals surface area contributed by atoms with Gasteiger partial charge in [-0.2, -0.15) is 0 Å². The van der Waals surface area contributed by atoms with E-state index in [4.69, 9.17) is 5.73 Å². The van der Waals surface area contributed by atoms with Crippen LogP contribution in [0.25, 0.3) is 0 Å². The van der Waals surface area contributed by atoms with Crippen LogP contribution in [0.5, 0.6) is 0 Å². The van der Waals surface area contributed by atoms with Crippen LogP contribution in [0.1, 0.15) is 43.0 Å². The van der Waals surface area contributed by atoms with Gasteiger partial charge in [-0.1, -0.05) is 25.8 Å². The van der Waals surface area contributed by atoms with Gasteiger partial charge < -0.3 is 16.2 Å². The van der Waals surface area contributed by atoms with Crippen LogP contribution in [0.2, 0.25) is 0 Å². The van der Waals surface area contributed by atoms with Gasteiger partial charge in [-0.05, 0) is 37.0 Å². The molecule has 4 N–H and O–H groups in total. The van der Waals surface area contributed by atoms with Gasteiger partial charge in [0.25, 0.3) is 5.91 Å². The number of carbonyl (C=O) groups excluding carboxylic acids is 1. The summed E-state index contributed by atoms with van der Waals surface area (Å²) in [6.07, 6.45) is 2.75. The van der Waals surface area contributed by atoms with Gasteiger partial charge in [-0.3, -0.25) is 4.79 Å². The number of nitrogens with two attached hydrogens (primary N) is 1. The molecule has 0 heterocycles. The molecule has 2 rings (SSSR count). The van der Waals surface area contributed by atoms with Crippen molar-refractivity contribution in [3.05, 3.63) is 29.8 Å². The zero-order valence-corrected chi connectivity index (χ0v) is 11.6. The van der Waals surface area contributed by atoms with Crippen molar-refractivity contribution in [2.24, 2.45) is 5.92 Å². The van der Waals surface area contributed by atoms with Crippen molar-refractivity contribution in [3.63, 3.8) is 0 Å². The number of benzene rings is 1. The summed E-state index contributed by atoms with van der Waals surface area (Å²) in [7, 11) is 0. The van der Waals surface area contributed by atoms with Crippen LogP contribution in [0.4, 0.5) is 5.69 Å². The van der Waals surface area contributed by atoms with Crippen molar-refractivity contribution in [2.75, 3.05) is 5.73 Å². The molecule has 20 heavy (non-hydrogen) atoms. The van der Waals surface area contributed by atoms with Crippen LogP contribution < -0.4 is 11.1 Å².